The Bertz CT molecular complexity index is 603. The molecule has 0 spiro atoms. The molecule has 4 heteroatoms. The normalized spacial score (nSPS) is 18.9. The highest BCUT2D eigenvalue weighted by Crippen LogP contribution is 2.24. The van der Waals surface area contributed by atoms with E-state index in [0.717, 1.165) is 31.7 Å². The third-order valence-electron chi connectivity index (χ3n) is 3.83. The van der Waals surface area contributed by atoms with Gasteiger partial charge in [0.25, 0.3) is 0 Å². The molecule has 2 aromatic carbocycles. The third-order valence-corrected chi connectivity index (χ3v) is 4.93. The Kier molecular flexibility index (Phi) is 4.75. The average molecular weight is 396 g/mol. The minimum absolute atomic E-state index is 0.153. The second-order valence-corrected chi connectivity index (χ2v) is 6.53. The molecule has 1 fully saturated rings. The summed E-state index contributed by atoms with van der Waals surface area (Å²) >= 11 is 2.06. The maximum atomic E-state index is 13.6. The summed E-state index contributed by atoms with van der Waals surface area (Å²) in [4.78, 5) is 2.44. The first-order valence-electron chi connectivity index (χ1n) is 7.19. The van der Waals surface area contributed by atoms with E-state index < -0.39 is 0 Å². The van der Waals surface area contributed by atoms with Crippen LogP contribution in [-0.2, 0) is 6.54 Å². The van der Waals surface area contributed by atoms with E-state index in [1.54, 1.807) is 6.07 Å². The van der Waals surface area contributed by atoms with Crippen molar-refractivity contribution in [2.45, 2.75) is 19.0 Å². The van der Waals surface area contributed by atoms with E-state index in [4.69, 9.17) is 0 Å². The van der Waals surface area contributed by atoms with Gasteiger partial charge in [0, 0.05) is 25.7 Å². The molecule has 1 aliphatic rings. The van der Waals surface area contributed by atoms with Gasteiger partial charge in [-0.25, -0.2) is 4.39 Å². The number of nitrogens with one attached hydrogen (secondary N) is 1. The Balaban J connectivity index is 1.59. The van der Waals surface area contributed by atoms with Crippen LogP contribution in [0, 0.1) is 9.39 Å². The van der Waals surface area contributed by atoms with Crippen molar-refractivity contribution in [1.29, 1.82) is 0 Å². The molecule has 2 aromatic rings. The molecule has 21 heavy (non-hydrogen) atoms. The number of benzene rings is 2. The molecule has 1 unspecified atom stereocenters. The van der Waals surface area contributed by atoms with Gasteiger partial charge in [0.1, 0.15) is 5.82 Å². The maximum Gasteiger partial charge on any atom is 0.138 e. The Morgan fingerprint density at radius 3 is 2.76 bits per heavy atom. The van der Waals surface area contributed by atoms with Gasteiger partial charge in [-0.1, -0.05) is 36.4 Å². The van der Waals surface area contributed by atoms with Crippen LogP contribution in [-0.4, -0.2) is 24.0 Å². The molecule has 2 nitrogen and oxygen atoms in total. The molecule has 3 rings (SSSR count). The molecule has 1 aliphatic heterocycles. The summed E-state index contributed by atoms with van der Waals surface area (Å²) in [6, 6.07) is 16.1. The Hall–Kier alpha value is -1.14. The van der Waals surface area contributed by atoms with Crippen molar-refractivity contribution in [3.63, 3.8) is 0 Å². The van der Waals surface area contributed by atoms with E-state index in [-0.39, 0.29) is 5.82 Å². The molecule has 1 saturated heterocycles. The number of hydrogen-bond donors (Lipinski definition) is 1. The van der Waals surface area contributed by atoms with Crippen molar-refractivity contribution in [2.75, 3.05) is 18.4 Å². The monoisotopic (exact) mass is 396 g/mol. The molecule has 0 bridgehead atoms. The van der Waals surface area contributed by atoms with E-state index in [1.165, 1.54) is 11.6 Å². The van der Waals surface area contributed by atoms with Crippen LogP contribution in [0.3, 0.4) is 0 Å². The molecular weight excluding hydrogens is 378 g/mol. The second-order valence-electron chi connectivity index (χ2n) is 5.45. The summed E-state index contributed by atoms with van der Waals surface area (Å²) in [7, 11) is 0. The van der Waals surface area contributed by atoms with E-state index >= 15 is 0 Å². The molecular formula is C17H18FIN2. The van der Waals surface area contributed by atoms with Gasteiger partial charge in [-0.3, -0.25) is 4.90 Å². The van der Waals surface area contributed by atoms with E-state index in [1.807, 2.05) is 12.1 Å². The van der Waals surface area contributed by atoms with Crippen LogP contribution >= 0.6 is 22.6 Å². The van der Waals surface area contributed by atoms with E-state index in [0.29, 0.717) is 9.61 Å². The Morgan fingerprint density at radius 2 is 1.95 bits per heavy atom. The van der Waals surface area contributed by atoms with Gasteiger partial charge < -0.3 is 5.32 Å². The largest absolute Gasteiger partial charge is 0.380 e. The van der Waals surface area contributed by atoms with Gasteiger partial charge >= 0.3 is 0 Å². The number of rotatable bonds is 4. The SMILES string of the molecule is Fc1cccc(NC2CCN(Cc3ccccc3)C2)c1I. The van der Waals surface area contributed by atoms with Gasteiger partial charge in [0.15, 0.2) is 0 Å². The van der Waals surface area contributed by atoms with Gasteiger partial charge in [0.2, 0.25) is 0 Å². The fourth-order valence-electron chi connectivity index (χ4n) is 2.77. The summed E-state index contributed by atoms with van der Waals surface area (Å²) in [6.07, 6.45) is 1.10. The lowest BCUT2D eigenvalue weighted by atomic mass is 10.2. The molecule has 0 radical (unpaired) electrons. The number of anilines is 1. The predicted molar refractivity (Wildman–Crippen MR) is 92.9 cm³/mol. The van der Waals surface area contributed by atoms with Crippen molar-refractivity contribution in [2.24, 2.45) is 0 Å². The second kappa shape index (κ2) is 6.75. The van der Waals surface area contributed by atoms with Gasteiger partial charge in [-0.2, -0.15) is 0 Å². The Morgan fingerprint density at radius 1 is 1.14 bits per heavy atom. The highest BCUT2D eigenvalue weighted by Gasteiger charge is 2.23. The Labute approximate surface area is 138 Å². The quantitative estimate of drug-likeness (QED) is 0.783. The summed E-state index contributed by atoms with van der Waals surface area (Å²) in [5.74, 6) is -0.153. The van der Waals surface area contributed by atoms with Crippen molar-refractivity contribution < 1.29 is 4.39 Å². The first-order valence-corrected chi connectivity index (χ1v) is 8.27. The summed E-state index contributed by atoms with van der Waals surface area (Å²) in [5, 5.41) is 3.48. The van der Waals surface area contributed by atoms with Crippen LogP contribution in [0.1, 0.15) is 12.0 Å². The number of nitrogens with zero attached hydrogens (tertiary/aromatic N) is 1. The van der Waals surface area contributed by atoms with E-state index in [9.17, 15) is 4.39 Å². The minimum Gasteiger partial charge on any atom is -0.380 e. The van der Waals surface area contributed by atoms with Crippen LogP contribution in [0.15, 0.2) is 48.5 Å². The lowest BCUT2D eigenvalue weighted by Crippen LogP contribution is -2.26. The van der Waals surface area contributed by atoms with Crippen LogP contribution in [0.25, 0.3) is 0 Å². The third kappa shape index (κ3) is 3.74. The first kappa shape index (κ1) is 14.8. The molecule has 1 atom stereocenters. The zero-order valence-corrected chi connectivity index (χ0v) is 13.9. The molecule has 0 aliphatic carbocycles. The maximum absolute atomic E-state index is 13.6. The molecule has 0 amide bonds. The number of hydrogen-bond acceptors (Lipinski definition) is 2. The van der Waals surface area contributed by atoms with Gasteiger partial charge in [-0.05, 0) is 46.7 Å². The minimum atomic E-state index is -0.153. The lowest BCUT2D eigenvalue weighted by Gasteiger charge is -2.18. The fraction of sp³-hybridized carbons (Fsp3) is 0.294. The van der Waals surface area contributed by atoms with Crippen LogP contribution in [0.4, 0.5) is 10.1 Å². The smallest absolute Gasteiger partial charge is 0.138 e. The van der Waals surface area contributed by atoms with Crippen molar-refractivity contribution in [1.82, 2.24) is 4.90 Å². The lowest BCUT2D eigenvalue weighted by molar-refractivity contribution is 0.328. The molecule has 0 saturated carbocycles. The zero-order chi connectivity index (χ0) is 14.7. The van der Waals surface area contributed by atoms with Crippen molar-refractivity contribution >= 4 is 28.3 Å². The fourth-order valence-corrected chi connectivity index (χ4v) is 3.29. The number of likely N-dealkylation sites (tertiary alicyclic amines) is 1. The highest BCUT2D eigenvalue weighted by atomic mass is 127. The summed E-state index contributed by atoms with van der Waals surface area (Å²) < 4.78 is 14.2. The predicted octanol–water partition coefficient (Wildman–Crippen LogP) is 4.12. The zero-order valence-electron chi connectivity index (χ0n) is 11.7. The van der Waals surface area contributed by atoms with Crippen molar-refractivity contribution in [3.8, 4) is 0 Å². The van der Waals surface area contributed by atoms with E-state index in [2.05, 4.69) is 57.1 Å². The van der Waals surface area contributed by atoms with Crippen LogP contribution < -0.4 is 5.32 Å². The summed E-state index contributed by atoms with van der Waals surface area (Å²) in [5.41, 5.74) is 2.25. The van der Waals surface area contributed by atoms with Gasteiger partial charge in [0.05, 0.1) is 9.26 Å². The molecule has 1 N–H and O–H groups in total. The number of halogens is 2. The standard InChI is InChI=1S/C17H18FIN2/c18-15-7-4-8-16(17(15)19)20-14-9-10-21(12-14)11-13-5-2-1-3-6-13/h1-8,14,20H,9-12H2. The van der Waals surface area contributed by atoms with Crippen LogP contribution in [0.5, 0.6) is 0 Å². The molecule has 1 heterocycles. The molecule has 110 valence electrons. The van der Waals surface area contributed by atoms with Crippen LogP contribution in [0.2, 0.25) is 0 Å². The topological polar surface area (TPSA) is 15.3 Å². The highest BCUT2D eigenvalue weighted by molar-refractivity contribution is 14.1. The first-order chi connectivity index (χ1) is 10.2. The summed E-state index contributed by atoms with van der Waals surface area (Å²) in [6.45, 7) is 3.07. The average Bonchev–Trinajstić information content (AvgIpc) is 2.92. The molecule has 0 aromatic heterocycles. The van der Waals surface area contributed by atoms with Gasteiger partial charge in [-0.15, -0.1) is 0 Å². The van der Waals surface area contributed by atoms with Crippen molar-refractivity contribution in [3.05, 3.63) is 63.5 Å².